The van der Waals surface area contributed by atoms with Gasteiger partial charge in [-0.2, -0.15) is 0 Å². The van der Waals surface area contributed by atoms with Gasteiger partial charge < -0.3 is 24.2 Å². The molecule has 8 nitrogen and oxygen atoms in total. The fourth-order valence-electron chi connectivity index (χ4n) is 4.29. The molecule has 1 aliphatic heterocycles. The Morgan fingerprint density at radius 1 is 1.16 bits per heavy atom. The zero-order chi connectivity index (χ0) is 21.5. The van der Waals surface area contributed by atoms with Crippen molar-refractivity contribution >= 4 is 29.9 Å². The van der Waals surface area contributed by atoms with E-state index in [0.717, 1.165) is 74.3 Å². The molecule has 9 heteroatoms. The highest BCUT2D eigenvalue weighted by Crippen LogP contribution is 2.32. The Balaban J connectivity index is 0.00000289. The second-order valence-corrected chi connectivity index (χ2v) is 8.16. The van der Waals surface area contributed by atoms with Crippen molar-refractivity contribution < 1.29 is 14.0 Å². The van der Waals surface area contributed by atoms with Crippen molar-refractivity contribution in [3.8, 4) is 11.5 Å². The number of hydrogen-bond donors (Lipinski definition) is 1. The van der Waals surface area contributed by atoms with Crippen molar-refractivity contribution in [1.29, 1.82) is 0 Å². The molecule has 0 radical (unpaired) electrons. The van der Waals surface area contributed by atoms with Gasteiger partial charge in [-0.05, 0) is 43.4 Å². The number of hydrogen-bond acceptors (Lipinski definition) is 6. The van der Waals surface area contributed by atoms with E-state index < -0.39 is 0 Å². The van der Waals surface area contributed by atoms with Crippen LogP contribution in [0.1, 0.15) is 36.9 Å². The van der Waals surface area contributed by atoms with Crippen LogP contribution in [0.4, 0.5) is 0 Å². The minimum atomic E-state index is 0. The average Bonchev–Trinajstić information content (AvgIpc) is 3.50. The van der Waals surface area contributed by atoms with Crippen LogP contribution in [0, 0.1) is 0 Å². The van der Waals surface area contributed by atoms with E-state index in [-0.39, 0.29) is 24.0 Å². The lowest BCUT2D eigenvalue weighted by Gasteiger charge is -2.36. The van der Waals surface area contributed by atoms with Crippen molar-refractivity contribution in [2.75, 3.05) is 40.3 Å². The van der Waals surface area contributed by atoms with Crippen molar-refractivity contribution in [2.24, 2.45) is 4.99 Å². The summed E-state index contributed by atoms with van der Waals surface area (Å²) in [5.41, 5.74) is 2.13. The number of benzene rings is 1. The van der Waals surface area contributed by atoms with Crippen LogP contribution in [0.3, 0.4) is 0 Å². The van der Waals surface area contributed by atoms with Gasteiger partial charge in [0, 0.05) is 52.4 Å². The molecule has 2 fully saturated rings. The molecular weight excluding hydrogens is 521 g/mol. The second kappa shape index (κ2) is 12.3. The molecule has 4 rings (SSSR count). The Hall–Kier alpha value is -2.01. The predicted molar refractivity (Wildman–Crippen MR) is 135 cm³/mol. The summed E-state index contributed by atoms with van der Waals surface area (Å²) in [5.74, 6) is 2.56. The van der Waals surface area contributed by atoms with Gasteiger partial charge in [0.05, 0.1) is 18.9 Å². The third-order valence-electron chi connectivity index (χ3n) is 6.03. The summed E-state index contributed by atoms with van der Waals surface area (Å²) < 4.78 is 16.7. The van der Waals surface area contributed by atoms with Gasteiger partial charge in [0.1, 0.15) is 6.26 Å². The van der Waals surface area contributed by atoms with Crippen molar-refractivity contribution in [3.05, 3.63) is 41.8 Å². The van der Waals surface area contributed by atoms with Gasteiger partial charge in [-0.25, -0.2) is 0 Å². The summed E-state index contributed by atoms with van der Waals surface area (Å²) in [6, 6.07) is 8.09. The Morgan fingerprint density at radius 3 is 2.59 bits per heavy atom. The zero-order valence-electron chi connectivity index (χ0n) is 19.0. The predicted octanol–water partition coefficient (Wildman–Crippen LogP) is 3.52. The summed E-state index contributed by atoms with van der Waals surface area (Å²) in [5, 5.41) is 7.52. The van der Waals surface area contributed by atoms with Crippen LogP contribution < -0.4 is 14.8 Å². The van der Waals surface area contributed by atoms with E-state index in [1.807, 2.05) is 19.2 Å². The van der Waals surface area contributed by atoms with E-state index in [1.165, 1.54) is 12.8 Å². The number of aromatic nitrogens is 1. The summed E-state index contributed by atoms with van der Waals surface area (Å²) >= 11 is 0. The first-order valence-electron chi connectivity index (χ1n) is 11.2. The molecule has 0 unspecified atom stereocenters. The van der Waals surface area contributed by atoms with Gasteiger partial charge in [-0.3, -0.25) is 9.89 Å². The number of aliphatic imine (C=N–C) groups is 1. The molecule has 0 spiro atoms. The Labute approximate surface area is 207 Å². The molecule has 1 saturated carbocycles. The van der Waals surface area contributed by atoms with Crippen LogP contribution in [0.15, 0.2) is 40.0 Å². The molecule has 0 bridgehead atoms. The van der Waals surface area contributed by atoms with E-state index in [4.69, 9.17) is 14.0 Å². The molecule has 2 aliphatic rings. The summed E-state index contributed by atoms with van der Waals surface area (Å²) in [6.07, 6.45) is 6.67. The number of piperazine rings is 1. The fourth-order valence-corrected chi connectivity index (χ4v) is 4.29. The Morgan fingerprint density at radius 2 is 1.94 bits per heavy atom. The second-order valence-electron chi connectivity index (χ2n) is 8.16. The molecular formula is C23H34IN5O3. The maximum atomic E-state index is 6.23. The van der Waals surface area contributed by atoms with E-state index in [9.17, 15) is 0 Å². The highest BCUT2D eigenvalue weighted by atomic mass is 127. The van der Waals surface area contributed by atoms with Crippen molar-refractivity contribution in [2.45, 2.75) is 44.9 Å². The Kier molecular flexibility index (Phi) is 9.46. The summed E-state index contributed by atoms with van der Waals surface area (Å²) in [4.78, 5) is 9.19. The maximum Gasteiger partial charge on any atom is 0.194 e. The average molecular weight is 555 g/mol. The summed E-state index contributed by atoms with van der Waals surface area (Å²) in [7, 11) is 3.53. The molecule has 0 amide bonds. The lowest BCUT2D eigenvalue weighted by Crippen LogP contribution is -2.52. The third kappa shape index (κ3) is 6.50. The lowest BCUT2D eigenvalue weighted by atomic mass is 10.2. The molecule has 1 aromatic heterocycles. The molecule has 1 aliphatic carbocycles. The third-order valence-corrected chi connectivity index (χ3v) is 6.03. The normalized spacial score (nSPS) is 17.8. The number of halogens is 1. The van der Waals surface area contributed by atoms with E-state index in [0.29, 0.717) is 12.6 Å². The lowest BCUT2D eigenvalue weighted by molar-refractivity contribution is 0.169. The molecule has 1 aromatic carbocycles. The SMILES string of the molecule is CN=C(NCc1ccc(OC)c(OC2CCCC2)c1)N1CCN(Cc2ccon2)CC1.I. The van der Waals surface area contributed by atoms with Crippen LogP contribution in [-0.4, -0.2) is 67.4 Å². The van der Waals surface area contributed by atoms with Crippen LogP contribution >= 0.6 is 24.0 Å². The number of nitrogens with one attached hydrogen (secondary N) is 1. The minimum Gasteiger partial charge on any atom is -0.493 e. The number of guanidine groups is 1. The zero-order valence-corrected chi connectivity index (χ0v) is 21.3. The van der Waals surface area contributed by atoms with E-state index >= 15 is 0 Å². The maximum absolute atomic E-state index is 6.23. The molecule has 32 heavy (non-hydrogen) atoms. The first kappa shape index (κ1) is 24.6. The molecule has 1 N–H and O–H groups in total. The highest BCUT2D eigenvalue weighted by Gasteiger charge is 2.21. The van der Waals surface area contributed by atoms with Gasteiger partial charge >= 0.3 is 0 Å². The fraction of sp³-hybridized carbons (Fsp3) is 0.565. The first-order valence-corrected chi connectivity index (χ1v) is 11.2. The molecule has 1 saturated heterocycles. The van der Waals surface area contributed by atoms with Crippen molar-refractivity contribution in [1.82, 2.24) is 20.3 Å². The van der Waals surface area contributed by atoms with Gasteiger partial charge in [-0.15, -0.1) is 24.0 Å². The number of methoxy groups -OCH3 is 1. The van der Waals surface area contributed by atoms with Crippen LogP contribution in [0.2, 0.25) is 0 Å². The van der Waals surface area contributed by atoms with Crippen LogP contribution in [-0.2, 0) is 13.1 Å². The minimum absolute atomic E-state index is 0. The molecule has 2 heterocycles. The topological polar surface area (TPSA) is 75.4 Å². The Bertz CT molecular complexity index is 847. The van der Waals surface area contributed by atoms with E-state index in [1.54, 1.807) is 13.4 Å². The van der Waals surface area contributed by atoms with Crippen molar-refractivity contribution in [3.63, 3.8) is 0 Å². The van der Waals surface area contributed by atoms with Gasteiger partial charge in [0.2, 0.25) is 0 Å². The van der Waals surface area contributed by atoms with Crippen LogP contribution in [0.25, 0.3) is 0 Å². The largest absolute Gasteiger partial charge is 0.493 e. The van der Waals surface area contributed by atoms with Gasteiger partial charge in [0.15, 0.2) is 17.5 Å². The number of rotatable bonds is 7. The molecule has 2 aromatic rings. The monoisotopic (exact) mass is 555 g/mol. The summed E-state index contributed by atoms with van der Waals surface area (Å²) in [6.45, 7) is 5.31. The molecule has 0 atom stereocenters. The molecule has 176 valence electrons. The van der Waals surface area contributed by atoms with E-state index in [2.05, 4.69) is 37.4 Å². The quantitative estimate of drug-likeness (QED) is 0.319. The van der Waals surface area contributed by atoms with Crippen LogP contribution in [0.5, 0.6) is 11.5 Å². The number of ether oxygens (including phenoxy) is 2. The highest BCUT2D eigenvalue weighted by molar-refractivity contribution is 14.0. The van der Waals surface area contributed by atoms with Gasteiger partial charge in [0.25, 0.3) is 0 Å². The smallest absolute Gasteiger partial charge is 0.194 e. The van der Waals surface area contributed by atoms with Gasteiger partial charge in [-0.1, -0.05) is 11.2 Å². The number of nitrogens with zero attached hydrogens (tertiary/aromatic N) is 4. The first-order chi connectivity index (χ1) is 15.2. The standard InChI is InChI=1S/C23H33N5O3.HI/c1-24-23(28-12-10-27(11-13-28)17-19-9-14-30-26-19)25-16-18-7-8-21(29-2)22(15-18)31-20-5-3-4-6-20;/h7-9,14-15,20H,3-6,10-13,16-17H2,1-2H3,(H,24,25);1H.